The Morgan fingerprint density at radius 1 is 1.14 bits per heavy atom. The Labute approximate surface area is 130 Å². The third kappa shape index (κ3) is 4.13. The average Bonchev–Trinajstić information content (AvgIpc) is 2.49. The second kappa shape index (κ2) is 7.68. The third-order valence-electron chi connectivity index (χ3n) is 3.37. The van der Waals surface area contributed by atoms with Crippen molar-refractivity contribution in [3.63, 3.8) is 0 Å². The number of aliphatic carboxylic acids is 1. The van der Waals surface area contributed by atoms with Gasteiger partial charge in [-0.25, -0.2) is 4.79 Å². The van der Waals surface area contributed by atoms with E-state index in [1.165, 1.54) is 6.92 Å². The molecule has 0 aliphatic rings. The van der Waals surface area contributed by atoms with Crippen LogP contribution < -0.4 is 14.8 Å². The van der Waals surface area contributed by atoms with E-state index in [1.54, 1.807) is 25.1 Å². The highest BCUT2D eigenvalue weighted by Gasteiger charge is 2.33. The summed E-state index contributed by atoms with van der Waals surface area (Å²) in [6.07, 6.45) is 0.281. The van der Waals surface area contributed by atoms with Crippen molar-refractivity contribution in [2.75, 3.05) is 13.2 Å². The molecule has 0 bridgehead atoms. The first kappa shape index (κ1) is 17.8. The fourth-order valence-electron chi connectivity index (χ4n) is 1.81. The molecule has 0 aliphatic carbocycles. The van der Waals surface area contributed by atoms with Gasteiger partial charge in [0.2, 0.25) is 0 Å². The number of rotatable bonds is 8. The molecule has 122 valence electrons. The fraction of sp³-hybridized carbons (Fsp3) is 0.500. The largest absolute Gasteiger partial charge is 0.490 e. The molecule has 0 radical (unpaired) electrons. The SMILES string of the molecule is CCOc1ccc(C(=O)NC(C)(CC)C(=O)O)cc1OCC. The maximum atomic E-state index is 12.3. The van der Waals surface area contributed by atoms with E-state index in [1.807, 2.05) is 13.8 Å². The highest BCUT2D eigenvalue weighted by molar-refractivity contribution is 5.98. The van der Waals surface area contributed by atoms with Gasteiger partial charge in [-0.1, -0.05) is 6.92 Å². The Morgan fingerprint density at radius 2 is 1.73 bits per heavy atom. The van der Waals surface area contributed by atoms with Crippen molar-refractivity contribution < 1.29 is 24.2 Å². The minimum absolute atomic E-state index is 0.281. The van der Waals surface area contributed by atoms with Crippen LogP contribution in [-0.2, 0) is 4.79 Å². The minimum Gasteiger partial charge on any atom is -0.490 e. The first-order valence-electron chi connectivity index (χ1n) is 7.33. The molecule has 1 atom stereocenters. The van der Waals surface area contributed by atoms with Crippen LogP contribution >= 0.6 is 0 Å². The number of nitrogens with one attached hydrogen (secondary N) is 1. The van der Waals surface area contributed by atoms with Gasteiger partial charge in [0.15, 0.2) is 11.5 Å². The number of benzene rings is 1. The minimum atomic E-state index is -1.30. The third-order valence-corrected chi connectivity index (χ3v) is 3.37. The van der Waals surface area contributed by atoms with Gasteiger partial charge in [-0.2, -0.15) is 0 Å². The van der Waals surface area contributed by atoms with Crippen molar-refractivity contribution in [1.29, 1.82) is 0 Å². The number of carboxylic acids is 1. The zero-order valence-corrected chi connectivity index (χ0v) is 13.4. The Kier molecular flexibility index (Phi) is 6.22. The topological polar surface area (TPSA) is 84.9 Å². The normalized spacial score (nSPS) is 13.1. The summed E-state index contributed by atoms with van der Waals surface area (Å²) in [4.78, 5) is 23.5. The van der Waals surface area contributed by atoms with Crippen LogP contribution in [0.4, 0.5) is 0 Å². The number of ether oxygens (including phenoxy) is 2. The lowest BCUT2D eigenvalue weighted by Crippen LogP contribution is -2.51. The lowest BCUT2D eigenvalue weighted by Gasteiger charge is -2.24. The maximum Gasteiger partial charge on any atom is 0.329 e. The van der Waals surface area contributed by atoms with Crippen LogP contribution in [0.1, 0.15) is 44.5 Å². The van der Waals surface area contributed by atoms with E-state index in [2.05, 4.69) is 5.32 Å². The quantitative estimate of drug-likeness (QED) is 0.770. The van der Waals surface area contributed by atoms with Crippen LogP contribution in [0.15, 0.2) is 18.2 Å². The Hall–Kier alpha value is -2.24. The average molecular weight is 309 g/mol. The van der Waals surface area contributed by atoms with Crippen molar-refractivity contribution in [3.8, 4) is 11.5 Å². The maximum absolute atomic E-state index is 12.3. The van der Waals surface area contributed by atoms with Gasteiger partial charge in [0, 0.05) is 5.56 Å². The van der Waals surface area contributed by atoms with E-state index in [4.69, 9.17) is 9.47 Å². The zero-order valence-electron chi connectivity index (χ0n) is 13.4. The van der Waals surface area contributed by atoms with Gasteiger partial charge in [-0.3, -0.25) is 4.79 Å². The van der Waals surface area contributed by atoms with Crippen LogP contribution in [0, 0.1) is 0 Å². The smallest absolute Gasteiger partial charge is 0.329 e. The summed E-state index contributed by atoms with van der Waals surface area (Å²) >= 11 is 0. The van der Waals surface area contributed by atoms with Gasteiger partial charge < -0.3 is 19.9 Å². The summed E-state index contributed by atoms with van der Waals surface area (Å²) in [5, 5.41) is 11.8. The standard InChI is InChI=1S/C16H23NO5/c1-5-16(4,15(19)20)17-14(18)11-8-9-12(21-6-2)13(10-11)22-7-3/h8-10H,5-7H2,1-4H3,(H,17,18)(H,19,20). The van der Waals surface area contributed by atoms with Crippen LogP contribution in [0.25, 0.3) is 0 Å². The molecular formula is C16H23NO5. The van der Waals surface area contributed by atoms with Crippen LogP contribution in [0.2, 0.25) is 0 Å². The van der Waals surface area contributed by atoms with Crippen molar-refractivity contribution >= 4 is 11.9 Å². The molecule has 1 unspecified atom stereocenters. The summed E-state index contributed by atoms with van der Waals surface area (Å²) < 4.78 is 10.9. The summed E-state index contributed by atoms with van der Waals surface area (Å²) in [7, 11) is 0. The van der Waals surface area contributed by atoms with E-state index in [0.717, 1.165) is 0 Å². The lowest BCUT2D eigenvalue weighted by atomic mass is 9.98. The predicted molar refractivity (Wildman–Crippen MR) is 82.6 cm³/mol. The van der Waals surface area contributed by atoms with Crippen molar-refractivity contribution in [1.82, 2.24) is 5.32 Å². The molecule has 0 aromatic heterocycles. The Bertz CT molecular complexity index is 543. The fourth-order valence-corrected chi connectivity index (χ4v) is 1.81. The number of hydrogen-bond donors (Lipinski definition) is 2. The highest BCUT2D eigenvalue weighted by atomic mass is 16.5. The summed E-state index contributed by atoms with van der Waals surface area (Å²) in [5.41, 5.74) is -0.977. The molecule has 6 nitrogen and oxygen atoms in total. The second-order valence-electron chi connectivity index (χ2n) is 4.97. The molecule has 2 N–H and O–H groups in total. The van der Waals surface area contributed by atoms with E-state index in [0.29, 0.717) is 30.3 Å². The molecule has 0 saturated carbocycles. The number of carbonyl (C=O) groups excluding carboxylic acids is 1. The molecule has 0 fully saturated rings. The summed E-state index contributed by atoms with van der Waals surface area (Å²) in [5.74, 6) is -0.516. The van der Waals surface area contributed by atoms with Crippen molar-refractivity contribution in [2.24, 2.45) is 0 Å². The van der Waals surface area contributed by atoms with E-state index in [-0.39, 0.29) is 6.42 Å². The molecule has 0 aliphatic heterocycles. The molecule has 0 saturated heterocycles. The van der Waals surface area contributed by atoms with Crippen LogP contribution in [0.3, 0.4) is 0 Å². The highest BCUT2D eigenvalue weighted by Crippen LogP contribution is 2.28. The monoisotopic (exact) mass is 309 g/mol. The van der Waals surface area contributed by atoms with E-state index < -0.39 is 17.4 Å². The molecule has 1 amide bonds. The zero-order chi connectivity index (χ0) is 16.8. The summed E-state index contributed by atoms with van der Waals surface area (Å²) in [6, 6.07) is 4.79. The van der Waals surface area contributed by atoms with Gasteiger partial charge in [-0.15, -0.1) is 0 Å². The van der Waals surface area contributed by atoms with Gasteiger partial charge >= 0.3 is 5.97 Å². The van der Waals surface area contributed by atoms with Crippen LogP contribution in [-0.4, -0.2) is 35.7 Å². The van der Waals surface area contributed by atoms with Gasteiger partial charge in [0.05, 0.1) is 13.2 Å². The molecular weight excluding hydrogens is 286 g/mol. The molecule has 22 heavy (non-hydrogen) atoms. The first-order chi connectivity index (χ1) is 10.4. The molecule has 6 heteroatoms. The molecule has 0 spiro atoms. The van der Waals surface area contributed by atoms with Crippen molar-refractivity contribution in [3.05, 3.63) is 23.8 Å². The summed E-state index contributed by atoms with van der Waals surface area (Å²) in [6.45, 7) is 7.80. The number of amides is 1. The van der Waals surface area contributed by atoms with Gasteiger partial charge in [-0.05, 0) is 45.4 Å². The number of hydrogen-bond acceptors (Lipinski definition) is 4. The molecule has 0 heterocycles. The second-order valence-corrected chi connectivity index (χ2v) is 4.97. The van der Waals surface area contributed by atoms with Crippen molar-refractivity contribution in [2.45, 2.75) is 39.7 Å². The molecule has 1 aromatic rings. The Morgan fingerprint density at radius 3 is 2.23 bits per heavy atom. The first-order valence-corrected chi connectivity index (χ1v) is 7.33. The molecule has 1 aromatic carbocycles. The van der Waals surface area contributed by atoms with E-state index >= 15 is 0 Å². The Balaban J connectivity index is 3.03. The van der Waals surface area contributed by atoms with Gasteiger partial charge in [0.25, 0.3) is 5.91 Å². The van der Waals surface area contributed by atoms with E-state index in [9.17, 15) is 14.7 Å². The lowest BCUT2D eigenvalue weighted by molar-refractivity contribution is -0.143. The molecule has 1 rings (SSSR count). The van der Waals surface area contributed by atoms with Gasteiger partial charge in [0.1, 0.15) is 5.54 Å². The number of carbonyl (C=O) groups is 2. The number of carboxylic acid groups (broad SMARTS) is 1. The van der Waals surface area contributed by atoms with Crippen LogP contribution in [0.5, 0.6) is 11.5 Å². The predicted octanol–water partition coefficient (Wildman–Crippen LogP) is 2.47.